The minimum absolute atomic E-state index is 0.117. The number of carboxylic acid groups (broad SMARTS) is 2. The van der Waals surface area contributed by atoms with Crippen LogP contribution in [0.3, 0.4) is 0 Å². The third-order valence-electron chi connectivity index (χ3n) is 7.65. The molecule has 3 aliphatic rings. The summed E-state index contributed by atoms with van der Waals surface area (Å²) >= 11 is 2.54. The first kappa shape index (κ1) is 33.2. The molecule has 0 saturated carbocycles. The van der Waals surface area contributed by atoms with E-state index in [-0.39, 0.29) is 33.5 Å². The highest BCUT2D eigenvalue weighted by molar-refractivity contribution is 8.00. The number of aliphatic carboxylic acids is 1. The monoisotopic (exact) mass is 682 g/mol. The van der Waals surface area contributed by atoms with E-state index in [1.807, 2.05) is 12.3 Å². The Bertz CT molecular complexity index is 1810. The van der Waals surface area contributed by atoms with Gasteiger partial charge in [0.2, 0.25) is 0 Å². The maximum atomic E-state index is 13.1. The maximum absolute atomic E-state index is 13.1. The van der Waals surface area contributed by atoms with Crippen LogP contribution in [0, 0.1) is 0 Å². The third kappa shape index (κ3) is 7.00. The number of oxime groups is 1. The van der Waals surface area contributed by atoms with Gasteiger partial charge in [-0.1, -0.05) is 5.16 Å². The van der Waals surface area contributed by atoms with Crippen LogP contribution in [0.1, 0.15) is 40.2 Å². The highest BCUT2D eigenvalue weighted by Gasteiger charge is 2.53. The van der Waals surface area contributed by atoms with Crippen molar-refractivity contribution in [3.05, 3.63) is 75.7 Å². The number of aromatic nitrogens is 2. The van der Waals surface area contributed by atoms with Gasteiger partial charge in [0, 0.05) is 40.8 Å². The number of anilines is 1. The second-order valence-corrected chi connectivity index (χ2v) is 12.6. The SMILES string of the molecule is CO/N=C(\C(=O)N[C@@H]1C(=O)N2C(C(=O)[O-])=C(C[n+]3cccc4c3CCCC4)CS[C@H]12)c1csc(N)n1.O=C(O)c1ccc(O)cc1O. The summed E-state index contributed by atoms with van der Waals surface area (Å²) in [6.45, 7) is 0.364. The predicted octanol–water partition coefficient (Wildman–Crippen LogP) is 0.142. The molecule has 2 atom stereocenters. The number of amides is 2. The minimum Gasteiger partial charge on any atom is -0.543 e. The zero-order chi connectivity index (χ0) is 33.8. The van der Waals surface area contributed by atoms with Crippen LogP contribution < -0.4 is 20.7 Å². The molecule has 15 nitrogen and oxygen atoms in total. The van der Waals surface area contributed by atoms with Crippen molar-refractivity contribution >= 4 is 57.7 Å². The number of β-lactam (4-membered cyclic amide) rings is 1. The number of phenolic OH excluding ortho intramolecular Hbond substituents is 1. The number of pyridine rings is 1. The fourth-order valence-corrected chi connectivity index (χ4v) is 7.41. The molecule has 6 N–H and O–H groups in total. The average molecular weight is 683 g/mol. The predicted molar refractivity (Wildman–Crippen MR) is 167 cm³/mol. The summed E-state index contributed by atoms with van der Waals surface area (Å²) in [5.74, 6) is -4.02. The number of aromatic carboxylic acids is 1. The lowest BCUT2D eigenvalue weighted by atomic mass is 9.95. The minimum atomic E-state index is -1.40. The number of phenols is 2. The number of thiazole rings is 1. The first-order chi connectivity index (χ1) is 22.5. The lowest BCUT2D eigenvalue weighted by Crippen LogP contribution is -2.71. The van der Waals surface area contributed by atoms with Crippen LogP contribution in [0.4, 0.5) is 5.13 Å². The Morgan fingerprint density at radius 3 is 2.66 bits per heavy atom. The molecule has 0 radical (unpaired) electrons. The summed E-state index contributed by atoms with van der Waals surface area (Å²) < 4.78 is 2.07. The van der Waals surface area contributed by atoms with E-state index in [0.717, 1.165) is 49.2 Å². The fourth-order valence-electron chi connectivity index (χ4n) is 5.52. The van der Waals surface area contributed by atoms with Gasteiger partial charge in [-0.2, -0.15) is 4.57 Å². The van der Waals surface area contributed by atoms with Gasteiger partial charge in [-0.15, -0.1) is 23.1 Å². The number of nitrogen functional groups attached to an aromatic ring is 1. The van der Waals surface area contributed by atoms with Gasteiger partial charge >= 0.3 is 5.97 Å². The van der Waals surface area contributed by atoms with Crippen LogP contribution in [0.2, 0.25) is 0 Å². The topological polar surface area (TPSA) is 232 Å². The van der Waals surface area contributed by atoms with E-state index in [1.54, 1.807) is 5.38 Å². The number of thioether (sulfide) groups is 1. The Morgan fingerprint density at radius 2 is 2.00 bits per heavy atom. The van der Waals surface area contributed by atoms with Crippen LogP contribution in [-0.2, 0) is 38.6 Å². The van der Waals surface area contributed by atoms with E-state index in [1.165, 1.54) is 41.1 Å². The number of aryl methyl sites for hydroxylation is 1. The molecule has 0 spiro atoms. The third-order valence-corrected chi connectivity index (χ3v) is 9.67. The largest absolute Gasteiger partial charge is 0.543 e. The van der Waals surface area contributed by atoms with Crippen LogP contribution in [-0.4, -0.2) is 78.9 Å². The normalized spacial score (nSPS) is 18.6. The Morgan fingerprint density at radius 1 is 1.23 bits per heavy atom. The molecule has 17 heteroatoms. The second kappa shape index (κ2) is 14.1. The standard InChI is InChI=1S/C23H24N6O5S2.C7H6O4/c1-34-27-16(14-11-36-23(24)25-14)19(30)26-17-20(31)29-18(22(32)33)13(10-35-21(17)29)9-28-8-4-6-12-5-2-3-7-15(12)28;8-4-1-2-5(7(10)11)6(9)3-4/h4,6,8,11,17,21H,2-3,5,7,9-10H2,1H3,(H3-,24,25,26,30,32,33);1-3,8-9H,(H,10,11)/b27-16-;/t17-,21-;/m1./s1. The Labute approximate surface area is 276 Å². The van der Waals surface area contributed by atoms with Gasteiger partial charge in [0.15, 0.2) is 29.3 Å². The number of rotatable bonds is 8. The molecule has 3 aromatic rings. The molecule has 47 heavy (non-hydrogen) atoms. The van der Waals surface area contributed by atoms with Gasteiger partial charge in [0.05, 0.1) is 11.7 Å². The van der Waals surface area contributed by atoms with E-state index in [9.17, 15) is 24.3 Å². The molecule has 2 aromatic heterocycles. The molecule has 246 valence electrons. The van der Waals surface area contributed by atoms with Crippen molar-refractivity contribution < 1.29 is 49.0 Å². The number of nitrogens with one attached hydrogen (secondary N) is 1. The number of carboxylic acids is 2. The van der Waals surface area contributed by atoms with Crippen LogP contribution in [0.25, 0.3) is 0 Å². The highest BCUT2D eigenvalue weighted by atomic mass is 32.2. The molecule has 1 fully saturated rings. The average Bonchev–Trinajstić information content (AvgIpc) is 3.47. The van der Waals surface area contributed by atoms with Gasteiger partial charge in [0.1, 0.15) is 41.3 Å². The van der Waals surface area contributed by atoms with Gasteiger partial charge < -0.3 is 41.1 Å². The second-order valence-electron chi connectivity index (χ2n) is 10.6. The summed E-state index contributed by atoms with van der Waals surface area (Å²) in [5, 5.41) is 45.9. The molecule has 1 saturated heterocycles. The van der Waals surface area contributed by atoms with Crippen molar-refractivity contribution in [2.24, 2.45) is 5.16 Å². The molecule has 0 bridgehead atoms. The Balaban J connectivity index is 0.000000335. The van der Waals surface area contributed by atoms with Crippen molar-refractivity contribution in [2.75, 3.05) is 18.6 Å². The number of hydrogen-bond donors (Lipinski definition) is 5. The van der Waals surface area contributed by atoms with Crippen LogP contribution in [0.15, 0.2) is 58.3 Å². The van der Waals surface area contributed by atoms with Gasteiger partial charge in [-0.25, -0.2) is 9.78 Å². The number of carbonyl (C=O) groups excluding carboxylic acids is 3. The molecule has 0 unspecified atom stereocenters. The van der Waals surface area contributed by atoms with Crippen molar-refractivity contribution in [1.29, 1.82) is 0 Å². The molecular formula is C30H30N6O9S2. The van der Waals surface area contributed by atoms with Crippen molar-refractivity contribution in [3.63, 3.8) is 0 Å². The zero-order valence-electron chi connectivity index (χ0n) is 24.9. The van der Waals surface area contributed by atoms with Crippen molar-refractivity contribution in [1.82, 2.24) is 15.2 Å². The van der Waals surface area contributed by atoms with Gasteiger partial charge in [-0.3, -0.25) is 14.5 Å². The molecular weight excluding hydrogens is 652 g/mol. The highest BCUT2D eigenvalue weighted by Crippen LogP contribution is 2.40. The zero-order valence-corrected chi connectivity index (χ0v) is 26.5. The lowest BCUT2D eigenvalue weighted by Gasteiger charge is -2.50. The number of fused-ring (bicyclic) bond motifs is 2. The maximum Gasteiger partial charge on any atom is 0.339 e. The lowest BCUT2D eigenvalue weighted by molar-refractivity contribution is -0.697. The molecule has 2 aliphatic heterocycles. The molecule has 4 heterocycles. The fraction of sp³-hybridized carbons (Fsp3) is 0.300. The van der Waals surface area contributed by atoms with E-state index in [0.29, 0.717) is 17.9 Å². The number of nitrogens with zero attached hydrogens (tertiary/aromatic N) is 4. The van der Waals surface area contributed by atoms with Gasteiger partial charge in [0.25, 0.3) is 11.8 Å². The van der Waals surface area contributed by atoms with Crippen molar-refractivity contribution in [3.8, 4) is 11.5 Å². The molecule has 2 amide bonds. The first-order valence-electron chi connectivity index (χ1n) is 14.3. The van der Waals surface area contributed by atoms with Crippen LogP contribution >= 0.6 is 23.1 Å². The number of benzene rings is 1. The van der Waals surface area contributed by atoms with Gasteiger partial charge in [-0.05, 0) is 37.5 Å². The summed E-state index contributed by atoms with van der Waals surface area (Å²) in [6, 6.07) is 6.46. The van der Waals surface area contributed by atoms with Crippen molar-refractivity contribution in [2.45, 2.75) is 43.6 Å². The van der Waals surface area contributed by atoms with E-state index in [2.05, 4.69) is 26.1 Å². The Kier molecular flexibility index (Phi) is 9.95. The number of aromatic hydroxyl groups is 2. The molecule has 1 aliphatic carbocycles. The Hall–Kier alpha value is -5.16. The van der Waals surface area contributed by atoms with Crippen LogP contribution in [0.5, 0.6) is 11.5 Å². The smallest absolute Gasteiger partial charge is 0.339 e. The van der Waals surface area contributed by atoms with E-state index >= 15 is 0 Å². The quantitative estimate of drug-likeness (QED) is 0.0925. The molecule has 6 rings (SSSR count). The summed E-state index contributed by atoms with van der Waals surface area (Å²) in [7, 11) is 1.29. The molecule has 1 aromatic carbocycles. The summed E-state index contributed by atoms with van der Waals surface area (Å²) in [5.41, 5.74) is 8.50. The van der Waals surface area contributed by atoms with E-state index in [4.69, 9.17) is 25.9 Å². The summed E-state index contributed by atoms with van der Waals surface area (Å²) in [6.07, 6.45) is 6.13. The summed E-state index contributed by atoms with van der Waals surface area (Å²) in [4.78, 5) is 58.4. The van der Waals surface area contributed by atoms with E-state index < -0.39 is 40.9 Å². The number of hydrogen-bond acceptors (Lipinski definition) is 13. The first-order valence-corrected chi connectivity index (χ1v) is 16.2. The number of carbonyl (C=O) groups is 4. The number of nitrogens with two attached hydrogens (primary N) is 1.